The fraction of sp³-hybridized carbons (Fsp3) is 0.312. The van der Waals surface area contributed by atoms with E-state index in [1.54, 1.807) is 13.2 Å². The Morgan fingerprint density at radius 3 is 3.00 bits per heavy atom. The van der Waals surface area contributed by atoms with E-state index in [1.165, 1.54) is 0 Å². The molecular formula is C16H15NO4. The Morgan fingerprint density at radius 1 is 1.33 bits per heavy atom. The molecule has 4 rings (SSSR count). The molecule has 0 amide bonds. The van der Waals surface area contributed by atoms with E-state index in [-0.39, 0.29) is 12.2 Å². The lowest BCUT2D eigenvalue weighted by Crippen LogP contribution is -2.19. The summed E-state index contributed by atoms with van der Waals surface area (Å²) < 4.78 is 18.4. The molecule has 1 aliphatic carbocycles. The third-order valence-electron chi connectivity index (χ3n) is 4.16. The number of pyridine rings is 1. The molecule has 0 N–H and O–H groups in total. The van der Waals surface area contributed by atoms with Crippen LogP contribution in [0.5, 0.6) is 17.2 Å². The lowest BCUT2D eigenvalue weighted by atomic mass is 9.98. The lowest BCUT2D eigenvalue weighted by molar-refractivity contribution is 0.171. The maximum Gasteiger partial charge on any atom is 0.231 e. The Bertz CT molecular complexity index is 848. The lowest BCUT2D eigenvalue weighted by Gasteiger charge is -2.19. The third kappa shape index (κ3) is 1.54. The third-order valence-corrected chi connectivity index (χ3v) is 4.16. The molecule has 1 aromatic carbocycles. The SMILES string of the molecule is COc1c2c(cc3c(=O)c4c(n(C)c13)C=CCC4)OCO2. The molecule has 0 saturated heterocycles. The highest BCUT2D eigenvalue weighted by Crippen LogP contribution is 2.45. The molecular weight excluding hydrogens is 270 g/mol. The Kier molecular flexibility index (Phi) is 2.51. The van der Waals surface area contributed by atoms with Gasteiger partial charge in [0.15, 0.2) is 16.9 Å². The molecule has 2 aromatic rings. The minimum Gasteiger partial charge on any atom is -0.491 e. The van der Waals surface area contributed by atoms with Crippen LogP contribution in [-0.4, -0.2) is 18.5 Å². The minimum absolute atomic E-state index is 0.0547. The molecule has 0 spiro atoms. The van der Waals surface area contributed by atoms with E-state index in [4.69, 9.17) is 14.2 Å². The summed E-state index contributed by atoms with van der Waals surface area (Å²) in [6.07, 6.45) is 5.76. The molecule has 1 aromatic heterocycles. The Labute approximate surface area is 121 Å². The zero-order valence-electron chi connectivity index (χ0n) is 11.9. The van der Waals surface area contributed by atoms with Gasteiger partial charge in [0.05, 0.1) is 18.0 Å². The van der Waals surface area contributed by atoms with Crippen LogP contribution < -0.4 is 19.6 Å². The predicted octanol–water partition coefficient (Wildman–Crippen LogP) is 2.24. The highest BCUT2D eigenvalue weighted by Gasteiger charge is 2.26. The summed E-state index contributed by atoms with van der Waals surface area (Å²) in [6, 6.07) is 1.76. The van der Waals surface area contributed by atoms with Crippen molar-refractivity contribution in [3.05, 3.63) is 33.6 Å². The molecule has 0 radical (unpaired) electrons. The van der Waals surface area contributed by atoms with E-state index in [2.05, 4.69) is 6.08 Å². The average Bonchev–Trinajstić information content (AvgIpc) is 2.99. The maximum atomic E-state index is 12.8. The van der Waals surface area contributed by atoms with Crippen LogP contribution in [0.3, 0.4) is 0 Å². The number of hydrogen-bond donors (Lipinski definition) is 0. The number of nitrogens with zero attached hydrogens (tertiary/aromatic N) is 1. The second-order valence-corrected chi connectivity index (χ2v) is 5.23. The molecule has 5 heteroatoms. The monoisotopic (exact) mass is 285 g/mol. The van der Waals surface area contributed by atoms with Gasteiger partial charge in [-0.2, -0.15) is 0 Å². The summed E-state index contributed by atoms with van der Waals surface area (Å²) in [5, 5.41) is 0.618. The standard InChI is InChI=1S/C16H15NO4/c1-17-11-6-4-3-5-9(11)14(18)10-7-12-15(21-8-20-12)16(19-2)13(10)17/h4,6-7H,3,5,8H2,1-2H3. The number of rotatable bonds is 1. The van der Waals surface area contributed by atoms with Crippen LogP contribution in [0, 0.1) is 0 Å². The highest BCUT2D eigenvalue weighted by atomic mass is 16.7. The van der Waals surface area contributed by atoms with Crippen LogP contribution in [0.1, 0.15) is 17.7 Å². The van der Waals surface area contributed by atoms with Gasteiger partial charge in [0.1, 0.15) is 0 Å². The fourth-order valence-corrected chi connectivity index (χ4v) is 3.18. The molecule has 2 aliphatic rings. The van der Waals surface area contributed by atoms with Crippen molar-refractivity contribution in [2.45, 2.75) is 12.8 Å². The smallest absolute Gasteiger partial charge is 0.231 e. The summed E-state index contributed by atoms with van der Waals surface area (Å²) in [5.74, 6) is 1.70. The molecule has 0 saturated carbocycles. The van der Waals surface area contributed by atoms with Gasteiger partial charge in [0, 0.05) is 18.3 Å². The van der Waals surface area contributed by atoms with E-state index in [1.807, 2.05) is 17.7 Å². The van der Waals surface area contributed by atoms with Crippen molar-refractivity contribution < 1.29 is 14.2 Å². The van der Waals surface area contributed by atoms with Crippen molar-refractivity contribution in [2.24, 2.45) is 7.05 Å². The number of methoxy groups -OCH3 is 1. The van der Waals surface area contributed by atoms with Gasteiger partial charge in [-0.15, -0.1) is 0 Å². The van der Waals surface area contributed by atoms with Gasteiger partial charge in [-0.1, -0.05) is 6.08 Å². The summed E-state index contributed by atoms with van der Waals surface area (Å²) in [4.78, 5) is 12.8. The van der Waals surface area contributed by atoms with E-state index >= 15 is 0 Å². The quantitative estimate of drug-likeness (QED) is 0.806. The van der Waals surface area contributed by atoms with Crippen molar-refractivity contribution >= 4 is 17.0 Å². The average molecular weight is 285 g/mol. The first kappa shape index (κ1) is 12.3. The normalized spacial score (nSPS) is 15.3. The molecule has 0 atom stereocenters. The van der Waals surface area contributed by atoms with Crippen LogP contribution in [0.4, 0.5) is 0 Å². The largest absolute Gasteiger partial charge is 0.491 e. The summed E-state index contributed by atoms with van der Waals surface area (Å²) in [6.45, 7) is 0.152. The molecule has 108 valence electrons. The molecule has 0 bridgehead atoms. The van der Waals surface area contributed by atoms with Crippen molar-refractivity contribution in [1.82, 2.24) is 4.57 Å². The predicted molar refractivity (Wildman–Crippen MR) is 79.2 cm³/mol. The van der Waals surface area contributed by atoms with Crippen LogP contribution in [-0.2, 0) is 13.5 Å². The topological polar surface area (TPSA) is 49.7 Å². The fourth-order valence-electron chi connectivity index (χ4n) is 3.18. The van der Waals surface area contributed by atoms with Gasteiger partial charge in [0.25, 0.3) is 0 Å². The van der Waals surface area contributed by atoms with Crippen molar-refractivity contribution in [2.75, 3.05) is 13.9 Å². The second-order valence-electron chi connectivity index (χ2n) is 5.23. The van der Waals surface area contributed by atoms with Gasteiger partial charge in [-0.05, 0) is 25.0 Å². The summed E-state index contributed by atoms with van der Waals surface area (Å²) in [5.41, 5.74) is 2.60. The molecule has 2 heterocycles. The zero-order valence-corrected chi connectivity index (χ0v) is 11.9. The zero-order chi connectivity index (χ0) is 14.6. The molecule has 21 heavy (non-hydrogen) atoms. The van der Waals surface area contributed by atoms with Gasteiger partial charge in [-0.3, -0.25) is 4.79 Å². The molecule has 0 fully saturated rings. The van der Waals surface area contributed by atoms with Crippen molar-refractivity contribution in [1.29, 1.82) is 0 Å². The highest BCUT2D eigenvalue weighted by molar-refractivity contribution is 5.92. The van der Waals surface area contributed by atoms with Crippen LogP contribution >= 0.6 is 0 Å². The Morgan fingerprint density at radius 2 is 2.19 bits per heavy atom. The second kappa shape index (κ2) is 4.28. The number of benzene rings is 1. The summed E-state index contributed by atoms with van der Waals surface area (Å²) >= 11 is 0. The first-order valence-electron chi connectivity index (χ1n) is 6.91. The number of aryl methyl sites for hydroxylation is 1. The van der Waals surface area contributed by atoms with E-state index in [0.29, 0.717) is 22.6 Å². The van der Waals surface area contributed by atoms with Gasteiger partial charge in [-0.25, -0.2) is 0 Å². The van der Waals surface area contributed by atoms with E-state index < -0.39 is 0 Å². The van der Waals surface area contributed by atoms with Gasteiger partial charge < -0.3 is 18.8 Å². The Hall–Kier alpha value is -2.43. The Balaban J connectivity index is 2.22. The van der Waals surface area contributed by atoms with Gasteiger partial charge >= 0.3 is 0 Å². The van der Waals surface area contributed by atoms with E-state index in [0.717, 1.165) is 29.6 Å². The van der Waals surface area contributed by atoms with Crippen molar-refractivity contribution in [3.8, 4) is 17.2 Å². The first-order valence-corrected chi connectivity index (χ1v) is 6.91. The minimum atomic E-state index is 0.0547. The van der Waals surface area contributed by atoms with Gasteiger partial charge in [0.2, 0.25) is 12.5 Å². The number of ether oxygens (including phenoxy) is 3. The van der Waals surface area contributed by atoms with Crippen LogP contribution in [0.25, 0.3) is 17.0 Å². The first-order chi connectivity index (χ1) is 10.2. The molecule has 0 unspecified atom stereocenters. The molecule has 5 nitrogen and oxygen atoms in total. The number of aromatic nitrogens is 1. The van der Waals surface area contributed by atoms with Crippen LogP contribution in [0.2, 0.25) is 0 Å². The van der Waals surface area contributed by atoms with Crippen LogP contribution in [0.15, 0.2) is 16.9 Å². The summed E-state index contributed by atoms with van der Waals surface area (Å²) in [7, 11) is 3.53. The maximum absolute atomic E-state index is 12.8. The number of hydrogen-bond acceptors (Lipinski definition) is 4. The van der Waals surface area contributed by atoms with Crippen molar-refractivity contribution in [3.63, 3.8) is 0 Å². The van der Waals surface area contributed by atoms with E-state index in [9.17, 15) is 4.79 Å². The number of fused-ring (bicyclic) bond motifs is 3. The molecule has 1 aliphatic heterocycles. The number of allylic oxidation sites excluding steroid dienone is 1.